The summed E-state index contributed by atoms with van der Waals surface area (Å²) in [6.45, 7) is 2.23. The molecule has 1 unspecified atom stereocenters. The SMILES string of the molecule is BrCCCCOCC(OCCCCBr)c1ccccc1. The molecule has 0 saturated heterocycles. The van der Waals surface area contributed by atoms with E-state index in [1.807, 2.05) is 6.07 Å². The summed E-state index contributed by atoms with van der Waals surface area (Å²) in [4.78, 5) is 0. The summed E-state index contributed by atoms with van der Waals surface area (Å²) in [7, 11) is 0. The van der Waals surface area contributed by atoms with Gasteiger partial charge in [-0.25, -0.2) is 0 Å². The molecule has 0 aliphatic rings. The third-order valence-corrected chi connectivity index (χ3v) is 4.08. The highest BCUT2D eigenvalue weighted by molar-refractivity contribution is 9.09. The molecule has 0 radical (unpaired) electrons. The zero-order valence-electron chi connectivity index (χ0n) is 11.9. The number of unbranched alkanes of at least 4 members (excludes halogenated alkanes) is 2. The Hall–Kier alpha value is 0.100. The molecule has 1 aromatic rings. The van der Waals surface area contributed by atoms with E-state index in [1.165, 1.54) is 5.56 Å². The number of rotatable bonds is 12. The van der Waals surface area contributed by atoms with Gasteiger partial charge in [-0.05, 0) is 31.2 Å². The van der Waals surface area contributed by atoms with Crippen LogP contribution in [0.15, 0.2) is 30.3 Å². The fourth-order valence-electron chi connectivity index (χ4n) is 1.82. The number of hydrogen-bond donors (Lipinski definition) is 0. The molecule has 20 heavy (non-hydrogen) atoms. The van der Waals surface area contributed by atoms with Crippen LogP contribution < -0.4 is 0 Å². The number of hydrogen-bond acceptors (Lipinski definition) is 2. The molecule has 1 rings (SSSR count). The van der Waals surface area contributed by atoms with Gasteiger partial charge in [0.05, 0.1) is 6.61 Å². The van der Waals surface area contributed by atoms with Crippen molar-refractivity contribution < 1.29 is 9.47 Å². The lowest BCUT2D eigenvalue weighted by Gasteiger charge is -2.18. The third kappa shape index (κ3) is 8.40. The van der Waals surface area contributed by atoms with Crippen molar-refractivity contribution in [1.82, 2.24) is 0 Å². The van der Waals surface area contributed by atoms with Crippen LogP contribution in [0.25, 0.3) is 0 Å². The quantitative estimate of drug-likeness (QED) is 0.354. The number of ether oxygens (including phenoxy) is 2. The predicted molar refractivity (Wildman–Crippen MR) is 92.0 cm³/mol. The first-order valence-electron chi connectivity index (χ1n) is 7.24. The third-order valence-electron chi connectivity index (χ3n) is 2.96. The van der Waals surface area contributed by atoms with Crippen molar-refractivity contribution in [3.05, 3.63) is 35.9 Å². The lowest BCUT2D eigenvalue weighted by Crippen LogP contribution is -2.13. The van der Waals surface area contributed by atoms with Crippen LogP contribution in [-0.2, 0) is 9.47 Å². The fraction of sp³-hybridized carbons (Fsp3) is 0.625. The van der Waals surface area contributed by atoms with Crippen molar-refractivity contribution >= 4 is 31.9 Å². The van der Waals surface area contributed by atoms with Gasteiger partial charge in [0.15, 0.2) is 0 Å². The van der Waals surface area contributed by atoms with Crippen LogP contribution in [0.3, 0.4) is 0 Å². The van der Waals surface area contributed by atoms with Crippen molar-refractivity contribution in [3.8, 4) is 0 Å². The Bertz CT molecular complexity index is 320. The molecule has 0 aliphatic heterocycles. The largest absolute Gasteiger partial charge is 0.378 e. The molecule has 0 amide bonds. The molecule has 0 N–H and O–H groups in total. The zero-order valence-corrected chi connectivity index (χ0v) is 15.1. The molecular formula is C16H24Br2O2. The van der Waals surface area contributed by atoms with E-state index < -0.39 is 0 Å². The van der Waals surface area contributed by atoms with Crippen LogP contribution in [0.1, 0.15) is 37.4 Å². The maximum absolute atomic E-state index is 5.98. The maximum Gasteiger partial charge on any atom is 0.106 e. The first-order chi connectivity index (χ1) is 9.88. The Morgan fingerprint density at radius 2 is 1.50 bits per heavy atom. The van der Waals surface area contributed by atoms with Gasteiger partial charge in [0.25, 0.3) is 0 Å². The molecule has 1 aromatic carbocycles. The second kappa shape index (κ2) is 12.8. The first kappa shape index (κ1) is 18.1. The molecule has 0 bridgehead atoms. The summed E-state index contributed by atoms with van der Waals surface area (Å²) in [6.07, 6.45) is 4.53. The van der Waals surface area contributed by atoms with Crippen molar-refractivity contribution in [2.75, 3.05) is 30.5 Å². The van der Waals surface area contributed by atoms with Gasteiger partial charge < -0.3 is 9.47 Å². The topological polar surface area (TPSA) is 18.5 Å². The molecule has 0 aromatic heterocycles. The van der Waals surface area contributed by atoms with Crippen LogP contribution in [0.5, 0.6) is 0 Å². The lowest BCUT2D eigenvalue weighted by molar-refractivity contribution is -0.0195. The first-order valence-corrected chi connectivity index (χ1v) is 9.49. The summed E-state index contributed by atoms with van der Waals surface area (Å²) >= 11 is 6.88. The molecule has 0 heterocycles. The molecule has 4 heteroatoms. The maximum atomic E-state index is 5.98. The van der Waals surface area contributed by atoms with Gasteiger partial charge in [-0.1, -0.05) is 62.2 Å². The standard InChI is InChI=1S/C16H24Br2O2/c17-10-4-6-12-19-14-16(20-13-7-5-11-18)15-8-2-1-3-9-15/h1-3,8-9,16H,4-7,10-14H2. The van der Waals surface area contributed by atoms with Gasteiger partial charge >= 0.3 is 0 Å². The molecular weight excluding hydrogens is 384 g/mol. The molecule has 2 nitrogen and oxygen atoms in total. The summed E-state index contributed by atoms with van der Waals surface area (Å²) in [5.74, 6) is 0. The van der Waals surface area contributed by atoms with Gasteiger partial charge in [0.2, 0.25) is 0 Å². The smallest absolute Gasteiger partial charge is 0.106 e. The second-order valence-electron chi connectivity index (χ2n) is 4.64. The highest BCUT2D eigenvalue weighted by Gasteiger charge is 2.11. The Morgan fingerprint density at radius 3 is 2.15 bits per heavy atom. The normalized spacial score (nSPS) is 12.5. The second-order valence-corrected chi connectivity index (χ2v) is 6.22. The zero-order chi connectivity index (χ0) is 14.5. The minimum Gasteiger partial charge on any atom is -0.378 e. The minimum atomic E-state index is 0.0514. The van der Waals surface area contributed by atoms with E-state index in [1.54, 1.807) is 0 Å². The van der Waals surface area contributed by atoms with E-state index >= 15 is 0 Å². The highest BCUT2D eigenvalue weighted by Crippen LogP contribution is 2.18. The molecule has 0 aliphatic carbocycles. The molecule has 114 valence electrons. The fourth-order valence-corrected chi connectivity index (χ4v) is 2.61. The van der Waals surface area contributed by atoms with E-state index in [9.17, 15) is 0 Å². The molecule has 1 atom stereocenters. The Morgan fingerprint density at radius 1 is 0.850 bits per heavy atom. The Labute approximate surface area is 139 Å². The van der Waals surface area contributed by atoms with E-state index in [-0.39, 0.29) is 6.10 Å². The van der Waals surface area contributed by atoms with E-state index in [2.05, 4.69) is 56.1 Å². The van der Waals surface area contributed by atoms with Gasteiger partial charge in [0, 0.05) is 23.9 Å². The van der Waals surface area contributed by atoms with Crippen molar-refractivity contribution in [2.45, 2.75) is 31.8 Å². The van der Waals surface area contributed by atoms with Crippen LogP contribution in [0.2, 0.25) is 0 Å². The van der Waals surface area contributed by atoms with E-state index in [0.717, 1.165) is 49.6 Å². The molecule has 0 saturated carbocycles. The lowest BCUT2D eigenvalue weighted by atomic mass is 10.1. The van der Waals surface area contributed by atoms with E-state index in [4.69, 9.17) is 9.47 Å². The Kier molecular flexibility index (Phi) is 11.6. The average Bonchev–Trinajstić information content (AvgIpc) is 2.50. The number of alkyl halides is 2. The summed E-state index contributed by atoms with van der Waals surface area (Å²) in [5.41, 5.74) is 1.20. The number of halogens is 2. The number of benzene rings is 1. The van der Waals surface area contributed by atoms with Gasteiger partial charge in [-0.2, -0.15) is 0 Å². The van der Waals surface area contributed by atoms with Gasteiger partial charge in [0.1, 0.15) is 6.10 Å². The highest BCUT2D eigenvalue weighted by atomic mass is 79.9. The summed E-state index contributed by atoms with van der Waals surface area (Å²) in [6, 6.07) is 10.3. The predicted octanol–water partition coefficient (Wildman–Crippen LogP) is 5.11. The van der Waals surface area contributed by atoms with Crippen molar-refractivity contribution in [1.29, 1.82) is 0 Å². The van der Waals surface area contributed by atoms with Crippen LogP contribution in [0.4, 0.5) is 0 Å². The summed E-state index contributed by atoms with van der Waals surface area (Å²) < 4.78 is 11.7. The van der Waals surface area contributed by atoms with Crippen LogP contribution in [-0.4, -0.2) is 30.5 Å². The van der Waals surface area contributed by atoms with Crippen molar-refractivity contribution in [2.24, 2.45) is 0 Å². The van der Waals surface area contributed by atoms with Gasteiger partial charge in [-0.15, -0.1) is 0 Å². The van der Waals surface area contributed by atoms with Crippen molar-refractivity contribution in [3.63, 3.8) is 0 Å². The molecule has 0 fully saturated rings. The summed E-state index contributed by atoms with van der Waals surface area (Å²) in [5, 5.41) is 2.08. The van der Waals surface area contributed by atoms with E-state index in [0.29, 0.717) is 6.61 Å². The van der Waals surface area contributed by atoms with Gasteiger partial charge in [-0.3, -0.25) is 0 Å². The molecule has 0 spiro atoms. The monoisotopic (exact) mass is 406 g/mol. The van der Waals surface area contributed by atoms with Crippen LogP contribution in [0, 0.1) is 0 Å². The Balaban J connectivity index is 2.35. The van der Waals surface area contributed by atoms with Crippen LogP contribution >= 0.6 is 31.9 Å². The minimum absolute atomic E-state index is 0.0514. The average molecular weight is 408 g/mol.